The molecule has 1 aliphatic heterocycles. The van der Waals surface area contributed by atoms with Gasteiger partial charge in [-0.3, -0.25) is 4.57 Å². The molecule has 1 aliphatic rings. The monoisotopic (exact) mass is 280 g/mol. The van der Waals surface area contributed by atoms with Crippen LogP contribution in [0, 0.1) is 0 Å². The number of nitrogens with one attached hydrogen (secondary N) is 1. The average molecular weight is 280 g/mol. The van der Waals surface area contributed by atoms with Crippen molar-refractivity contribution in [1.82, 2.24) is 4.57 Å². The number of ether oxygens (including phenoxy) is 2. The van der Waals surface area contributed by atoms with Gasteiger partial charge in [-0.05, 0) is 33.8 Å². The first kappa shape index (κ1) is 14.4. The minimum atomic E-state index is -0.555. The molecule has 0 spiro atoms. The van der Waals surface area contributed by atoms with Crippen molar-refractivity contribution in [3.05, 3.63) is 18.0 Å². The van der Waals surface area contributed by atoms with Crippen LogP contribution in [-0.2, 0) is 20.7 Å². The number of carbonyl (C=O) groups is 2. The van der Waals surface area contributed by atoms with Gasteiger partial charge in [0.05, 0.1) is 18.0 Å². The normalized spacial score (nSPS) is 17.3. The second kappa shape index (κ2) is 5.19. The van der Waals surface area contributed by atoms with Gasteiger partial charge in [-0.25, -0.2) is 9.59 Å². The van der Waals surface area contributed by atoms with Gasteiger partial charge in [-0.2, -0.15) is 0 Å². The Hall–Kier alpha value is -1.98. The zero-order valence-corrected chi connectivity index (χ0v) is 12.2. The number of hydrogen-bond donors (Lipinski definition) is 1. The molecule has 6 nitrogen and oxygen atoms in total. The Balaban J connectivity index is 2.12. The topological polar surface area (TPSA) is 69.6 Å². The molecule has 1 unspecified atom stereocenters. The van der Waals surface area contributed by atoms with Crippen LogP contribution in [-0.4, -0.2) is 34.9 Å². The van der Waals surface area contributed by atoms with E-state index in [1.165, 1.54) is 4.57 Å². The van der Waals surface area contributed by atoms with Crippen LogP contribution in [0.5, 0.6) is 0 Å². The summed E-state index contributed by atoms with van der Waals surface area (Å²) in [7, 11) is 0. The molecule has 0 aromatic carbocycles. The molecule has 2 heterocycles. The van der Waals surface area contributed by atoms with E-state index in [1.54, 1.807) is 19.2 Å². The van der Waals surface area contributed by atoms with Gasteiger partial charge in [0.2, 0.25) is 0 Å². The summed E-state index contributed by atoms with van der Waals surface area (Å²) >= 11 is 0. The fourth-order valence-electron chi connectivity index (χ4n) is 2.10. The molecule has 110 valence electrons. The third kappa shape index (κ3) is 2.95. The van der Waals surface area contributed by atoms with Gasteiger partial charge in [-0.1, -0.05) is 0 Å². The van der Waals surface area contributed by atoms with E-state index in [1.807, 2.05) is 20.8 Å². The van der Waals surface area contributed by atoms with Gasteiger partial charge in [-0.15, -0.1) is 0 Å². The van der Waals surface area contributed by atoms with E-state index in [0.29, 0.717) is 13.0 Å². The number of esters is 1. The SMILES string of the molecule is CCOC(=O)C1Cc2c(ccn2C(=O)OC(C)(C)C)N1. The molecule has 1 atom stereocenters. The summed E-state index contributed by atoms with van der Waals surface area (Å²) in [6.07, 6.45) is 1.62. The molecule has 20 heavy (non-hydrogen) atoms. The van der Waals surface area contributed by atoms with Crippen LogP contribution >= 0.6 is 0 Å². The summed E-state index contributed by atoms with van der Waals surface area (Å²) in [6, 6.07) is 1.33. The predicted octanol–water partition coefficient (Wildman–Crippen LogP) is 2.17. The summed E-state index contributed by atoms with van der Waals surface area (Å²) in [5, 5.41) is 3.05. The molecule has 0 saturated heterocycles. The summed E-state index contributed by atoms with van der Waals surface area (Å²) in [5.74, 6) is -0.306. The molecule has 0 fully saturated rings. The lowest BCUT2D eigenvalue weighted by atomic mass is 10.2. The van der Waals surface area contributed by atoms with E-state index in [-0.39, 0.29) is 5.97 Å². The zero-order valence-electron chi connectivity index (χ0n) is 12.2. The van der Waals surface area contributed by atoms with Crippen molar-refractivity contribution < 1.29 is 19.1 Å². The van der Waals surface area contributed by atoms with Crippen LogP contribution in [0.2, 0.25) is 0 Å². The smallest absolute Gasteiger partial charge is 0.418 e. The minimum absolute atomic E-state index is 0.306. The minimum Gasteiger partial charge on any atom is -0.464 e. The van der Waals surface area contributed by atoms with Crippen LogP contribution in [0.3, 0.4) is 0 Å². The fourth-order valence-corrected chi connectivity index (χ4v) is 2.10. The lowest BCUT2D eigenvalue weighted by molar-refractivity contribution is -0.143. The highest BCUT2D eigenvalue weighted by Gasteiger charge is 2.32. The van der Waals surface area contributed by atoms with Gasteiger partial charge in [0.15, 0.2) is 0 Å². The Labute approximate surface area is 118 Å². The quantitative estimate of drug-likeness (QED) is 0.841. The van der Waals surface area contributed by atoms with E-state index in [2.05, 4.69) is 5.32 Å². The van der Waals surface area contributed by atoms with Gasteiger partial charge in [0.25, 0.3) is 0 Å². The van der Waals surface area contributed by atoms with Crippen LogP contribution < -0.4 is 5.32 Å². The molecule has 1 aromatic rings. The number of nitrogens with zero attached hydrogens (tertiary/aromatic N) is 1. The van der Waals surface area contributed by atoms with Gasteiger partial charge < -0.3 is 14.8 Å². The molecule has 6 heteroatoms. The summed E-state index contributed by atoms with van der Waals surface area (Å²) in [6.45, 7) is 7.55. The van der Waals surface area contributed by atoms with Gasteiger partial charge >= 0.3 is 12.1 Å². The van der Waals surface area contributed by atoms with Crippen LogP contribution in [0.1, 0.15) is 33.4 Å². The molecular formula is C14H20N2O4. The highest BCUT2D eigenvalue weighted by Crippen LogP contribution is 2.28. The second-order valence-electron chi connectivity index (χ2n) is 5.68. The summed E-state index contributed by atoms with van der Waals surface area (Å²) in [4.78, 5) is 23.8. The lowest BCUT2D eigenvalue weighted by Gasteiger charge is -2.20. The standard InChI is InChI=1S/C14H20N2O4/c1-5-19-12(17)10-8-11-9(15-10)6-7-16(11)13(18)20-14(2,3)4/h6-7,10,15H,5,8H2,1-4H3. The Bertz CT molecular complexity index is 528. The molecule has 0 saturated carbocycles. The number of anilines is 1. The van der Waals surface area contributed by atoms with E-state index >= 15 is 0 Å². The molecule has 2 rings (SSSR count). The number of carbonyl (C=O) groups excluding carboxylic acids is 2. The number of fused-ring (bicyclic) bond motifs is 1. The Morgan fingerprint density at radius 2 is 2.15 bits per heavy atom. The number of rotatable bonds is 2. The van der Waals surface area contributed by atoms with Crippen molar-refractivity contribution in [2.24, 2.45) is 0 Å². The van der Waals surface area contributed by atoms with Crippen molar-refractivity contribution in [1.29, 1.82) is 0 Å². The first-order valence-corrected chi connectivity index (χ1v) is 6.68. The van der Waals surface area contributed by atoms with E-state index in [9.17, 15) is 9.59 Å². The van der Waals surface area contributed by atoms with Crippen molar-refractivity contribution >= 4 is 17.7 Å². The highest BCUT2D eigenvalue weighted by molar-refractivity contribution is 5.84. The van der Waals surface area contributed by atoms with Gasteiger partial charge in [0, 0.05) is 12.6 Å². The van der Waals surface area contributed by atoms with Crippen molar-refractivity contribution in [2.75, 3.05) is 11.9 Å². The third-order valence-corrected chi connectivity index (χ3v) is 2.88. The van der Waals surface area contributed by atoms with Crippen LogP contribution in [0.4, 0.5) is 10.5 Å². The lowest BCUT2D eigenvalue weighted by Crippen LogP contribution is -2.30. The highest BCUT2D eigenvalue weighted by atomic mass is 16.6. The van der Waals surface area contributed by atoms with Crippen LogP contribution in [0.25, 0.3) is 0 Å². The maximum absolute atomic E-state index is 12.1. The Kier molecular flexibility index (Phi) is 3.74. The third-order valence-electron chi connectivity index (χ3n) is 2.88. The van der Waals surface area contributed by atoms with E-state index in [4.69, 9.17) is 9.47 Å². The molecule has 1 N–H and O–H groups in total. The average Bonchev–Trinajstić information content (AvgIpc) is 2.84. The number of aromatic nitrogens is 1. The van der Waals surface area contributed by atoms with E-state index in [0.717, 1.165) is 11.4 Å². The Morgan fingerprint density at radius 1 is 1.45 bits per heavy atom. The van der Waals surface area contributed by atoms with E-state index < -0.39 is 17.7 Å². The molecule has 0 radical (unpaired) electrons. The first-order valence-electron chi connectivity index (χ1n) is 6.68. The van der Waals surface area contributed by atoms with Crippen LogP contribution in [0.15, 0.2) is 12.3 Å². The maximum Gasteiger partial charge on any atom is 0.418 e. The summed E-state index contributed by atoms with van der Waals surface area (Å²) < 4.78 is 11.7. The molecule has 0 aliphatic carbocycles. The molecule has 1 aromatic heterocycles. The molecular weight excluding hydrogens is 260 g/mol. The van der Waals surface area contributed by atoms with Crippen molar-refractivity contribution in [3.63, 3.8) is 0 Å². The zero-order chi connectivity index (χ0) is 14.9. The number of hydrogen-bond acceptors (Lipinski definition) is 5. The van der Waals surface area contributed by atoms with Crippen molar-refractivity contribution in [3.8, 4) is 0 Å². The maximum atomic E-state index is 12.1. The molecule has 0 bridgehead atoms. The first-order chi connectivity index (χ1) is 9.31. The summed E-state index contributed by atoms with van der Waals surface area (Å²) in [5.41, 5.74) is 0.965. The van der Waals surface area contributed by atoms with Crippen molar-refractivity contribution in [2.45, 2.75) is 45.8 Å². The van der Waals surface area contributed by atoms with Gasteiger partial charge in [0.1, 0.15) is 11.6 Å². The second-order valence-corrected chi connectivity index (χ2v) is 5.68. The molecule has 0 amide bonds. The Morgan fingerprint density at radius 3 is 2.75 bits per heavy atom. The predicted molar refractivity (Wildman–Crippen MR) is 73.8 cm³/mol. The fraction of sp³-hybridized carbons (Fsp3) is 0.571. The largest absolute Gasteiger partial charge is 0.464 e.